The third kappa shape index (κ3) is 3.59. The van der Waals surface area contributed by atoms with Gasteiger partial charge in [0, 0.05) is 5.69 Å². The Morgan fingerprint density at radius 2 is 1.75 bits per heavy atom. The van der Waals surface area contributed by atoms with Gasteiger partial charge in [-0.1, -0.05) is 12.1 Å². The molecule has 1 aromatic heterocycles. The number of aromatic amines is 1. The van der Waals surface area contributed by atoms with E-state index in [1.165, 1.54) is 11.8 Å². The molecule has 7 nitrogen and oxygen atoms in total. The molecule has 0 spiro atoms. The van der Waals surface area contributed by atoms with Crippen LogP contribution in [0, 0.1) is 6.92 Å². The van der Waals surface area contributed by atoms with Crippen LogP contribution in [-0.2, 0) is 4.74 Å². The molecular formula is C21H21N3O4. The monoisotopic (exact) mass is 379 g/mol. The minimum atomic E-state index is -0.478. The van der Waals surface area contributed by atoms with Gasteiger partial charge in [-0.05, 0) is 50.2 Å². The highest BCUT2D eigenvalue weighted by Gasteiger charge is 2.17. The first-order valence-electron chi connectivity index (χ1n) is 8.65. The van der Waals surface area contributed by atoms with Crippen molar-refractivity contribution < 1.29 is 14.3 Å². The van der Waals surface area contributed by atoms with Gasteiger partial charge in [0.2, 0.25) is 0 Å². The number of benzene rings is 2. The minimum Gasteiger partial charge on any atom is -0.497 e. The molecule has 0 bridgehead atoms. The van der Waals surface area contributed by atoms with Crippen LogP contribution in [-0.4, -0.2) is 35.7 Å². The van der Waals surface area contributed by atoms with Crippen LogP contribution in [0.4, 0.5) is 5.69 Å². The van der Waals surface area contributed by atoms with Crippen LogP contribution >= 0.6 is 0 Å². The molecule has 1 N–H and O–H groups in total. The molecule has 0 aliphatic carbocycles. The van der Waals surface area contributed by atoms with E-state index in [1.807, 2.05) is 6.92 Å². The summed E-state index contributed by atoms with van der Waals surface area (Å²) in [5, 5.41) is 3.07. The Hall–Kier alpha value is -3.61. The van der Waals surface area contributed by atoms with Gasteiger partial charge in [-0.25, -0.2) is 9.48 Å². The fourth-order valence-corrected chi connectivity index (χ4v) is 2.98. The number of para-hydroxylation sites is 1. The highest BCUT2D eigenvalue weighted by molar-refractivity contribution is 6.03. The molecule has 0 aliphatic heterocycles. The van der Waals surface area contributed by atoms with Gasteiger partial charge in [0.15, 0.2) is 0 Å². The Morgan fingerprint density at radius 3 is 2.39 bits per heavy atom. The van der Waals surface area contributed by atoms with Crippen molar-refractivity contribution in [3.05, 3.63) is 75.7 Å². The van der Waals surface area contributed by atoms with Crippen LogP contribution in [0.1, 0.15) is 28.5 Å². The molecule has 0 saturated heterocycles. The van der Waals surface area contributed by atoms with Crippen LogP contribution in [0.3, 0.4) is 0 Å². The molecule has 0 unspecified atom stereocenters. The lowest BCUT2D eigenvalue weighted by molar-refractivity contribution is 0.0601. The number of H-pyrrole nitrogens is 1. The predicted octanol–water partition coefficient (Wildman–Crippen LogP) is 3.41. The molecule has 144 valence electrons. The number of esters is 1. The number of carbonyl (C=O) groups is 1. The Bertz CT molecular complexity index is 1090. The largest absolute Gasteiger partial charge is 0.497 e. The summed E-state index contributed by atoms with van der Waals surface area (Å²) < 4.78 is 11.4. The van der Waals surface area contributed by atoms with Crippen molar-refractivity contribution in [2.45, 2.75) is 13.8 Å². The summed E-state index contributed by atoms with van der Waals surface area (Å²) in [6, 6.07) is 14.0. The van der Waals surface area contributed by atoms with Crippen molar-refractivity contribution in [1.29, 1.82) is 0 Å². The van der Waals surface area contributed by atoms with E-state index in [-0.39, 0.29) is 5.56 Å². The molecule has 1 heterocycles. The lowest BCUT2D eigenvalue weighted by Gasteiger charge is -2.05. The summed E-state index contributed by atoms with van der Waals surface area (Å²) in [4.78, 5) is 29.4. The third-order valence-electron chi connectivity index (χ3n) is 4.36. The quantitative estimate of drug-likeness (QED) is 0.544. The number of nitrogens with one attached hydrogen (secondary N) is 1. The maximum absolute atomic E-state index is 13.0. The lowest BCUT2D eigenvalue weighted by Crippen LogP contribution is -2.19. The molecule has 0 amide bonds. The summed E-state index contributed by atoms with van der Waals surface area (Å²) in [5.74, 6) is 0.228. The number of nitrogens with zero attached hydrogens (tertiary/aromatic N) is 2. The van der Waals surface area contributed by atoms with Gasteiger partial charge in [-0.2, -0.15) is 0 Å². The second-order valence-corrected chi connectivity index (χ2v) is 6.16. The van der Waals surface area contributed by atoms with Crippen molar-refractivity contribution in [1.82, 2.24) is 9.78 Å². The van der Waals surface area contributed by atoms with Crippen LogP contribution in [0.15, 0.2) is 58.3 Å². The molecule has 0 fully saturated rings. The van der Waals surface area contributed by atoms with Crippen molar-refractivity contribution >= 4 is 17.4 Å². The summed E-state index contributed by atoms with van der Waals surface area (Å²) >= 11 is 0. The van der Waals surface area contributed by atoms with E-state index in [0.717, 1.165) is 0 Å². The molecule has 3 rings (SSSR count). The maximum Gasteiger partial charge on any atom is 0.340 e. The average Bonchev–Trinajstić information content (AvgIpc) is 3.02. The first kappa shape index (κ1) is 19.2. The highest BCUT2D eigenvalue weighted by atomic mass is 16.5. The second-order valence-electron chi connectivity index (χ2n) is 6.16. The number of hydrogen-bond donors (Lipinski definition) is 1. The van der Waals surface area contributed by atoms with E-state index in [9.17, 15) is 9.59 Å². The maximum atomic E-state index is 13.0. The fourth-order valence-electron chi connectivity index (χ4n) is 2.98. The molecule has 28 heavy (non-hydrogen) atoms. The molecular weight excluding hydrogens is 358 g/mol. The minimum absolute atomic E-state index is 0.223. The Morgan fingerprint density at radius 1 is 1.07 bits per heavy atom. The van der Waals surface area contributed by atoms with E-state index in [0.29, 0.717) is 39.7 Å². The number of ether oxygens (including phenoxy) is 2. The van der Waals surface area contributed by atoms with Gasteiger partial charge < -0.3 is 9.47 Å². The smallest absolute Gasteiger partial charge is 0.340 e. The summed E-state index contributed by atoms with van der Waals surface area (Å²) in [7, 11) is 2.91. The van der Waals surface area contributed by atoms with Crippen LogP contribution < -0.4 is 10.3 Å². The number of aryl methyl sites for hydroxylation is 1. The number of carbonyl (C=O) groups excluding carboxylic acids is 1. The molecule has 3 aromatic rings. The summed E-state index contributed by atoms with van der Waals surface area (Å²) in [6.07, 6.45) is 0. The number of methoxy groups -OCH3 is 2. The first-order chi connectivity index (χ1) is 13.5. The van der Waals surface area contributed by atoms with Gasteiger partial charge in [0.25, 0.3) is 5.56 Å². The van der Waals surface area contributed by atoms with Gasteiger partial charge in [0.1, 0.15) is 5.75 Å². The Kier molecular flexibility index (Phi) is 5.44. The van der Waals surface area contributed by atoms with E-state index >= 15 is 0 Å². The zero-order valence-corrected chi connectivity index (χ0v) is 16.1. The molecule has 0 atom stereocenters. The zero-order valence-electron chi connectivity index (χ0n) is 16.1. The molecule has 0 aliphatic rings. The molecule has 7 heteroatoms. The van der Waals surface area contributed by atoms with Crippen LogP contribution in [0.5, 0.6) is 5.75 Å². The Labute approximate surface area is 162 Å². The second kappa shape index (κ2) is 7.96. The number of aromatic nitrogens is 2. The van der Waals surface area contributed by atoms with Gasteiger partial charge in [-0.15, -0.1) is 0 Å². The molecule has 0 saturated carbocycles. The van der Waals surface area contributed by atoms with E-state index < -0.39 is 5.97 Å². The zero-order chi connectivity index (χ0) is 20.3. The van der Waals surface area contributed by atoms with E-state index in [1.54, 1.807) is 62.6 Å². The van der Waals surface area contributed by atoms with Crippen LogP contribution in [0.2, 0.25) is 0 Å². The number of rotatable bonds is 5. The SMILES string of the molecule is COC(=O)c1ccccc1N=C(C)c1c(C)[nH]n(-c2ccc(OC)cc2)c1=O. The highest BCUT2D eigenvalue weighted by Crippen LogP contribution is 2.21. The number of aliphatic imine (C=N–C) groups is 1. The first-order valence-corrected chi connectivity index (χ1v) is 8.65. The van der Waals surface area contributed by atoms with Crippen molar-refractivity contribution in [3.8, 4) is 11.4 Å². The van der Waals surface area contributed by atoms with Crippen LogP contribution in [0.25, 0.3) is 5.69 Å². The lowest BCUT2D eigenvalue weighted by atomic mass is 10.1. The summed E-state index contributed by atoms with van der Waals surface area (Å²) in [6.45, 7) is 3.55. The topological polar surface area (TPSA) is 85.7 Å². The van der Waals surface area contributed by atoms with Crippen molar-refractivity contribution in [2.75, 3.05) is 14.2 Å². The van der Waals surface area contributed by atoms with E-state index in [4.69, 9.17) is 9.47 Å². The average molecular weight is 379 g/mol. The van der Waals surface area contributed by atoms with Gasteiger partial charge >= 0.3 is 5.97 Å². The third-order valence-corrected chi connectivity index (χ3v) is 4.36. The summed E-state index contributed by atoms with van der Waals surface area (Å²) in [5.41, 5.74) is 2.88. The van der Waals surface area contributed by atoms with E-state index in [2.05, 4.69) is 10.1 Å². The van der Waals surface area contributed by atoms with Gasteiger partial charge in [0.05, 0.1) is 42.4 Å². The Balaban J connectivity index is 2.05. The van der Waals surface area contributed by atoms with Gasteiger partial charge in [-0.3, -0.25) is 14.9 Å². The normalized spacial score (nSPS) is 11.4. The molecule has 2 aromatic carbocycles. The fraction of sp³-hybridized carbons (Fsp3) is 0.190. The molecule has 0 radical (unpaired) electrons. The van der Waals surface area contributed by atoms with Crippen molar-refractivity contribution in [2.24, 2.45) is 4.99 Å². The van der Waals surface area contributed by atoms with Crippen molar-refractivity contribution in [3.63, 3.8) is 0 Å². The predicted molar refractivity (Wildman–Crippen MR) is 107 cm³/mol. The standard InChI is InChI=1S/C21H21N3O4/c1-13(22-18-8-6-5-7-17(18)21(26)28-4)19-14(2)23-24(20(19)25)15-9-11-16(27-3)12-10-15/h5-12,23H,1-4H3. The number of hydrogen-bond acceptors (Lipinski definition) is 5.